The molecule has 0 radical (unpaired) electrons. The van der Waals surface area contributed by atoms with Crippen molar-refractivity contribution in [2.75, 3.05) is 6.54 Å². The number of carbonyl (C=O) groups excluding carboxylic acids is 1. The normalized spacial score (nSPS) is 10.3. The van der Waals surface area contributed by atoms with Crippen LogP contribution >= 0.6 is 27.5 Å². The second-order valence-electron chi connectivity index (χ2n) is 4.44. The van der Waals surface area contributed by atoms with Crippen molar-refractivity contribution < 1.29 is 14.7 Å². The first-order valence-corrected chi connectivity index (χ1v) is 7.63. The van der Waals surface area contributed by atoms with Crippen LogP contribution in [0.15, 0.2) is 22.7 Å². The van der Waals surface area contributed by atoms with Crippen LogP contribution in [0.1, 0.15) is 42.5 Å². The van der Waals surface area contributed by atoms with Crippen LogP contribution in [-0.4, -0.2) is 23.5 Å². The van der Waals surface area contributed by atoms with Crippen molar-refractivity contribution in [2.24, 2.45) is 0 Å². The number of rotatable bonds is 8. The first-order chi connectivity index (χ1) is 9.50. The molecule has 0 aliphatic heterocycles. The van der Waals surface area contributed by atoms with Crippen LogP contribution in [0.4, 0.5) is 0 Å². The number of benzene rings is 1. The molecule has 4 nitrogen and oxygen atoms in total. The summed E-state index contributed by atoms with van der Waals surface area (Å²) in [6.45, 7) is 0.568. The van der Waals surface area contributed by atoms with Crippen molar-refractivity contribution in [2.45, 2.75) is 32.1 Å². The maximum atomic E-state index is 11.9. The number of amides is 1. The average Bonchev–Trinajstić information content (AvgIpc) is 2.37. The number of nitrogens with one attached hydrogen (secondary N) is 1. The van der Waals surface area contributed by atoms with Crippen molar-refractivity contribution in [1.82, 2.24) is 5.32 Å². The van der Waals surface area contributed by atoms with E-state index in [1.54, 1.807) is 18.2 Å². The minimum Gasteiger partial charge on any atom is -0.481 e. The van der Waals surface area contributed by atoms with Gasteiger partial charge in [0.05, 0.1) is 10.6 Å². The number of unbranched alkanes of at least 4 members (excludes halogenated alkanes) is 3. The molecule has 0 fully saturated rings. The third-order valence-electron chi connectivity index (χ3n) is 2.78. The van der Waals surface area contributed by atoms with Crippen molar-refractivity contribution in [1.29, 1.82) is 0 Å². The quantitative estimate of drug-likeness (QED) is 0.690. The van der Waals surface area contributed by atoms with E-state index >= 15 is 0 Å². The minimum atomic E-state index is -0.761. The molecule has 1 aromatic carbocycles. The summed E-state index contributed by atoms with van der Waals surface area (Å²) in [5.41, 5.74) is 0.459. The zero-order chi connectivity index (χ0) is 15.0. The predicted molar refractivity (Wildman–Crippen MR) is 82.2 cm³/mol. The van der Waals surface area contributed by atoms with Gasteiger partial charge < -0.3 is 10.4 Å². The van der Waals surface area contributed by atoms with Gasteiger partial charge >= 0.3 is 5.97 Å². The van der Waals surface area contributed by atoms with Gasteiger partial charge in [0.15, 0.2) is 0 Å². The first kappa shape index (κ1) is 17.0. The maximum Gasteiger partial charge on any atom is 0.303 e. The Morgan fingerprint density at radius 3 is 2.55 bits per heavy atom. The molecule has 0 saturated heterocycles. The number of carbonyl (C=O) groups is 2. The van der Waals surface area contributed by atoms with E-state index in [2.05, 4.69) is 21.2 Å². The standard InChI is InChI=1S/C14H17BrClNO3/c15-10-6-7-11(12(16)9-10)14(20)17-8-4-2-1-3-5-13(18)19/h6-7,9H,1-5,8H2,(H,17,20)(H,18,19). The van der Waals surface area contributed by atoms with E-state index in [4.69, 9.17) is 16.7 Å². The monoisotopic (exact) mass is 361 g/mol. The third-order valence-corrected chi connectivity index (χ3v) is 3.58. The van der Waals surface area contributed by atoms with Crippen molar-refractivity contribution in [3.8, 4) is 0 Å². The van der Waals surface area contributed by atoms with Gasteiger partial charge in [-0.25, -0.2) is 0 Å². The molecular weight excluding hydrogens is 346 g/mol. The molecule has 1 amide bonds. The molecule has 0 atom stereocenters. The van der Waals surface area contributed by atoms with Crippen LogP contribution in [0.3, 0.4) is 0 Å². The van der Waals surface area contributed by atoms with Crippen molar-refractivity contribution >= 4 is 39.4 Å². The van der Waals surface area contributed by atoms with E-state index in [9.17, 15) is 9.59 Å². The van der Waals surface area contributed by atoms with Gasteiger partial charge in [-0.3, -0.25) is 9.59 Å². The Bertz CT molecular complexity index is 479. The zero-order valence-electron chi connectivity index (χ0n) is 11.0. The molecule has 0 aromatic heterocycles. The molecule has 0 aliphatic carbocycles. The molecule has 1 rings (SSSR count). The van der Waals surface area contributed by atoms with Crippen molar-refractivity contribution in [3.63, 3.8) is 0 Å². The lowest BCUT2D eigenvalue weighted by Crippen LogP contribution is -2.24. The summed E-state index contributed by atoms with van der Waals surface area (Å²) in [7, 11) is 0. The maximum absolute atomic E-state index is 11.9. The van der Waals surface area contributed by atoms with Crippen LogP contribution in [0.5, 0.6) is 0 Å². The highest BCUT2D eigenvalue weighted by Gasteiger charge is 2.09. The lowest BCUT2D eigenvalue weighted by atomic mass is 10.1. The number of aliphatic carboxylic acids is 1. The van der Waals surface area contributed by atoms with E-state index in [0.717, 1.165) is 23.7 Å². The molecule has 0 saturated carbocycles. The van der Waals surface area contributed by atoms with Crippen LogP contribution in [-0.2, 0) is 4.79 Å². The molecule has 6 heteroatoms. The second kappa shape index (κ2) is 8.97. The van der Waals surface area contributed by atoms with Crippen molar-refractivity contribution in [3.05, 3.63) is 33.3 Å². The van der Waals surface area contributed by atoms with Crippen LogP contribution in [0.2, 0.25) is 5.02 Å². The van der Waals surface area contributed by atoms with E-state index in [1.165, 1.54) is 0 Å². The number of halogens is 2. The van der Waals surface area contributed by atoms with Gasteiger partial charge in [0, 0.05) is 17.4 Å². The molecule has 0 heterocycles. The molecule has 110 valence electrons. The van der Waals surface area contributed by atoms with Gasteiger partial charge in [-0.2, -0.15) is 0 Å². The summed E-state index contributed by atoms with van der Waals surface area (Å²) >= 11 is 9.27. The molecule has 1 aromatic rings. The Kier molecular flexibility index (Phi) is 7.62. The van der Waals surface area contributed by atoms with E-state index in [0.29, 0.717) is 23.6 Å². The van der Waals surface area contributed by atoms with Crippen LogP contribution in [0.25, 0.3) is 0 Å². The topological polar surface area (TPSA) is 66.4 Å². The van der Waals surface area contributed by atoms with E-state index < -0.39 is 5.97 Å². The molecule has 0 aliphatic rings. The van der Waals surface area contributed by atoms with Gasteiger partial charge in [0.2, 0.25) is 0 Å². The predicted octanol–water partition coefficient (Wildman–Crippen LogP) is 3.87. The number of hydrogen-bond acceptors (Lipinski definition) is 2. The SMILES string of the molecule is O=C(O)CCCCCCNC(=O)c1ccc(Br)cc1Cl. The fourth-order valence-electron chi connectivity index (χ4n) is 1.73. The van der Waals surface area contributed by atoms with Gasteiger partial charge in [-0.1, -0.05) is 40.4 Å². The lowest BCUT2D eigenvalue weighted by Gasteiger charge is -2.07. The van der Waals surface area contributed by atoms with Gasteiger partial charge in [-0.15, -0.1) is 0 Å². The van der Waals surface area contributed by atoms with Gasteiger partial charge in [0.1, 0.15) is 0 Å². The number of carboxylic acids is 1. The average molecular weight is 363 g/mol. The summed E-state index contributed by atoms with van der Waals surface area (Å²) in [4.78, 5) is 22.2. The summed E-state index contributed by atoms with van der Waals surface area (Å²) in [5.74, 6) is -0.948. The molecule has 0 spiro atoms. The molecular formula is C14H17BrClNO3. The summed E-state index contributed by atoms with van der Waals surface area (Å²) in [5, 5.41) is 11.7. The second-order valence-corrected chi connectivity index (χ2v) is 5.76. The third kappa shape index (κ3) is 6.39. The van der Waals surface area contributed by atoms with Gasteiger partial charge in [-0.05, 0) is 31.0 Å². The Balaban J connectivity index is 2.22. The highest BCUT2D eigenvalue weighted by atomic mass is 79.9. The number of hydrogen-bond donors (Lipinski definition) is 2. The fraction of sp³-hybridized carbons (Fsp3) is 0.429. The fourth-order valence-corrected chi connectivity index (χ4v) is 2.48. The Labute approximate surface area is 131 Å². The minimum absolute atomic E-state index is 0.187. The lowest BCUT2D eigenvalue weighted by molar-refractivity contribution is -0.137. The Morgan fingerprint density at radius 2 is 1.90 bits per heavy atom. The van der Waals surface area contributed by atoms with E-state index in [-0.39, 0.29) is 12.3 Å². The Hall–Kier alpha value is -1.07. The highest BCUT2D eigenvalue weighted by Crippen LogP contribution is 2.21. The Morgan fingerprint density at radius 1 is 1.20 bits per heavy atom. The first-order valence-electron chi connectivity index (χ1n) is 6.45. The van der Waals surface area contributed by atoms with Gasteiger partial charge in [0.25, 0.3) is 5.91 Å². The summed E-state index contributed by atoms with van der Waals surface area (Å²) in [6.07, 6.45) is 3.49. The molecule has 20 heavy (non-hydrogen) atoms. The summed E-state index contributed by atoms with van der Waals surface area (Å²) < 4.78 is 0.831. The molecule has 2 N–H and O–H groups in total. The number of carboxylic acid groups (broad SMARTS) is 1. The summed E-state index contributed by atoms with van der Waals surface area (Å²) in [6, 6.07) is 5.13. The smallest absolute Gasteiger partial charge is 0.303 e. The van der Waals surface area contributed by atoms with Crippen LogP contribution in [0, 0.1) is 0 Å². The largest absolute Gasteiger partial charge is 0.481 e. The zero-order valence-corrected chi connectivity index (χ0v) is 13.3. The molecule has 0 unspecified atom stereocenters. The van der Waals surface area contributed by atoms with Crippen LogP contribution < -0.4 is 5.32 Å². The molecule has 0 bridgehead atoms. The highest BCUT2D eigenvalue weighted by molar-refractivity contribution is 9.10. The van der Waals surface area contributed by atoms with E-state index in [1.807, 2.05) is 0 Å².